The number of rotatable bonds is 3. The molecule has 1 amide bonds. The van der Waals surface area contributed by atoms with Gasteiger partial charge in [0.2, 0.25) is 0 Å². The van der Waals surface area contributed by atoms with Crippen LogP contribution in [0.1, 0.15) is 23.2 Å². The van der Waals surface area contributed by atoms with E-state index in [1.807, 2.05) is 42.2 Å². The van der Waals surface area contributed by atoms with Gasteiger partial charge in [-0.15, -0.1) is 0 Å². The predicted octanol–water partition coefficient (Wildman–Crippen LogP) is 2.79. The van der Waals surface area contributed by atoms with E-state index in [1.165, 1.54) is 18.6 Å². The van der Waals surface area contributed by atoms with Crippen LogP contribution in [0.3, 0.4) is 0 Å². The molecule has 94 valence electrons. The van der Waals surface area contributed by atoms with Gasteiger partial charge < -0.3 is 10.3 Å². The van der Waals surface area contributed by atoms with Crippen molar-refractivity contribution in [2.45, 2.75) is 18.1 Å². The number of amides is 1. The van der Waals surface area contributed by atoms with Crippen LogP contribution in [0.2, 0.25) is 0 Å². The summed E-state index contributed by atoms with van der Waals surface area (Å²) >= 11 is 1.96. The average molecular weight is 260 g/mol. The number of hydrogen-bond acceptors (Lipinski definition) is 2. The van der Waals surface area contributed by atoms with Gasteiger partial charge in [0.25, 0.3) is 5.91 Å². The van der Waals surface area contributed by atoms with Crippen molar-refractivity contribution in [3.05, 3.63) is 36.0 Å². The zero-order valence-corrected chi connectivity index (χ0v) is 10.9. The van der Waals surface area contributed by atoms with E-state index in [0.717, 1.165) is 23.0 Å². The molecule has 1 aromatic carbocycles. The highest BCUT2D eigenvalue weighted by Crippen LogP contribution is 2.25. The van der Waals surface area contributed by atoms with Gasteiger partial charge in [-0.1, -0.05) is 12.1 Å². The first-order chi connectivity index (χ1) is 8.84. The molecule has 0 saturated carbocycles. The van der Waals surface area contributed by atoms with Crippen LogP contribution in [0.5, 0.6) is 0 Å². The van der Waals surface area contributed by atoms with Crippen molar-refractivity contribution in [3.8, 4) is 0 Å². The molecule has 18 heavy (non-hydrogen) atoms. The van der Waals surface area contributed by atoms with Crippen LogP contribution in [-0.2, 0) is 0 Å². The van der Waals surface area contributed by atoms with Crippen LogP contribution in [0.15, 0.2) is 30.5 Å². The third-order valence-electron chi connectivity index (χ3n) is 3.35. The van der Waals surface area contributed by atoms with Gasteiger partial charge in [-0.2, -0.15) is 11.8 Å². The van der Waals surface area contributed by atoms with E-state index in [2.05, 4.69) is 10.3 Å². The SMILES string of the molecule is O=C(NCC1CCCS1)c1cccc2cc[nH]c12. The molecular formula is C14H16N2OS. The van der Waals surface area contributed by atoms with Crippen LogP contribution in [0, 0.1) is 0 Å². The fourth-order valence-corrected chi connectivity index (χ4v) is 3.58. The number of aromatic nitrogens is 1. The van der Waals surface area contributed by atoms with Gasteiger partial charge in [0.1, 0.15) is 0 Å². The monoisotopic (exact) mass is 260 g/mol. The van der Waals surface area contributed by atoms with Gasteiger partial charge in [-0.3, -0.25) is 4.79 Å². The van der Waals surface area contributed by atoms with Gasteiger partial charge >= 0.3 is 0 Å². The summed E-state index contributed by atoms with van der Waals surface area (Å²) in [4.78, 5) is 15.3. The lowest BCUT2D eigenvalue weighted by molar-refractivity contribution is 0.0955. The molecule has 0 radical (unpaired) electrons. The zero-order chi connectivity index (χ0) is 12.4. The Balaban J connectivity index is 1.73. The van der Waals surface area contributed by atoms with Crippen LogP contribution >= 0.6 is 11.8 Å². The molecule has 1 aromatic heterocycles. The molecule has 3 rings (SSSR count). The fourth-order valence-electron chi connectivity index (χ4n) is 2.38. The van der Waals surface area contributed by atoms with Crippen molar-refractivity contribution in [2.24, 2.45) is 0 Å². The lowest BCUT2D eigenvalue weighted by atomic mass is 10.1. The topological polar surface area (TPSA) is 44.9 Å². The van der Waals surface area contributed by atoms with Crippen LogP contribution in [0.25, 0.3) is 10.9 Å². The maximum absolute atomic E-state index is 12.2. The van der Waals surface area contributed by atoms with Gasteiger partial charge in [0, 0.05) is 23.4 Å². The highest BCUT2D eigenvalue weighted by atomic mass is 32.2. The summed E-state index contributed by atoms with van der Waals surface area (Å²) in [6, 6.07) is 7.79. The lowest BCUT2D eigenvalue weighted by Gasteiger charge is -2.10. The maximum atomic E-state index is 12.2. The summed E-state index contributed by atoms with van der Waals surface area (Å²) < 4.78 is 0. The quantitative estimate of drug-likeness (QED) is 0.891. The van der Waals surface area contributed by atoms with E-state index < -0.39 is 0 Å². The van der Waals surface area contributed by atoms with Crippen molar-refractivity contribution in [1.82, 2.24) is 10.3 Å². The van der Waals surface area contributed by atoms with Crippen molar-refractivity contribution >= 4 is 28.6 Å². The summed E-state index contributed by atoms with van der Waals surface area (Å²) in [6.45, 7) is 0.778. The molecule has 1 unspecified atom stereocenters. The van der Waals surface area contributed by atoms with E-state index in [4.69, 9.17) is 0 Å². The van der Waals surface area contributed by atoms with Crippen LogP contribution in [-0.4, -0.2) is 28.4 Å². The molecule has 0 bridgehead atoms. The number of fused-ring (bicyclic) bond motifs is 1. The van der Waals surface area contributed by atoms with E-state index in [-0.39, 0.29) is 5.91 Å². The Morgan fingerprint density at radius 2 is 2.39 bits per heavy atom. The molecule has 1 aliphatic heterocycles. The summed E-state index contributed by atoms with van der Waals surface area (Å²) in [6.07, 6.45) is 4.36. The number of carbonyl (C=O) groups is 1. The summed E-state index contributed by atoms with van der Waals surface area (Å²) in [5, 5.41) is 4.72. The Morgan fingerprint density at radius 3 is 3.22 bits per heavy atom. The highest BCUT2D eigenvalue weighted by molar-refractivity contribution is 8.00. The molecule has 4 heteroatoms. The minimum absolute atomic E-state index is 0.0237. The highest BCUT2D eigenvalue weighted by Gasteiger charge is 2.17. The molecule has 1 atom stereocenters. The van der Waals surface area contributed by atoms with Crippen molar-refractivity contribution < 1.29 is 4.79 Å². The molecule has 2 aromatic rings. The first-order valence-electron chi connectivity index (χ1n) is 6.30. The molecule has 1 aliphatic rings. The summed E-state index contributed by atoms with van der Waals surface area (Å²) in [5.74, 6) is 1.25. The zero-order valence-electron chi connectivity index (χ0n) is 10.1. The second kappa shape index (κ2) is 5.06. The fraction of sp³-hybridized carbons (Fsp3) is 0.357. The number of carbonyl (C=O) groups excluding carboxylic acids is 1. The smallest absolute Gasteiger partial charge is 0.253 e. The van der Waals surface area contributed by atoms with Crippen molar-refractivity contribution in [3.63, 3.8) is 0 Å². The second-order valence-electron chi connectivity index (χ2n) is 4.59. The van der Waals surface area contributed by atoms with E-state index >= 15 is 0 Å². The van der Waals surface area contributed by atoms with Crippen LogP contribution < -0.4 is 5.32 Å². The number of nitrogens with one attached hydrogen (secondary N) is 2. The molecule has 1 saturated heterocycles. The standard InChI is InChI=1S/C14H16N2OS/c17-14(16-9-11-4-2-8-18-11)12-5-1-3-10-6-7-15-13(10)12/h1,3,5-7,11,15H,2,4,8-9H2,(H,16,17). The second-order valence-corrected chi connectivity index (χ2v) is 6.00. The molecule has 2 N–H and O–H groups in total. The largest absolute Gasteiger partial charge is 0.361 e. The minimum atomic E-state index is 0.0237. The molecule has 0 spiro atoms. The first kappa shape index (κ1) is 11.7. The Hall–Kier alpha value is -1.42. The number of para-hydroxylation sites is 1. The molecule has 3 nitrogen and oxygen atoms in total. The summed E-state index contributed by atoms with van der Waals surface area (Å²) in [5.41, 5.74) is 1.66. The normalized spacial score (nSPS) is 19.2. The number of aromatic amines is 1. The minimum Gasteiger partial charge on any atom is -0.361 e. The Bertz CT molecular complexity index is 558. The van der Waals surface area contributed by atoms with E-state index in [1.54, 1.807) is 0 Å². The average Bonchev–Trinajstić information content (AvgIpc) is 3.05. The van der Waals surface area contributed by atoms with E-state index in [9.17, 15) is 4.79 Å². The number of thioether (sulfide) groups is 1. The third-order valence-corrected chi connectivity index (χ3v) is 4.74. The third kappa shape index (κ3) is 2.25. The van der Waals surface area contributed by atoms with E-state index in [0.29, 0.717) is 5.25 Å². The Morgan fingerprint density at radius 1 is 1.44 bits per heavy atom. The van der Waals surface area contributed by atoms with Gasteiger partial charge in [0.15, 0.2) is 0 Å². The lowest BCUT2D eigenvalue weighted by Crippen LogP contribution is -2.29. The molecular weight excluding hydrogens is 244 g/mol. The van der Waals surface area contributed by atoms with Crippen molar-refractivity contribution in [2.75, 3.05) is 12.3 Å². The molecule has 2 heterocycles. The Labute approximate surface area is 110 Å². The maximum Gasteiger partial charge on any atom is 0.253 e. The van der Waals surface area contributed by atoms with Gasteiger partial charge in [-0.05, 0) is 30.7 Å². The number of hydrogen-bond donors (Lipinski definition) is 2. The number of benzene rings is 1. The number of H-pyrrole nitrogens is 1. The van der Waals surface area contributed by atoms with Gasteiger partial charge in [-0.25, -0.2) is 0 Å². The molecule has 1 fully saturated rings. The molecule has 0 aliphatic carbocycles. The predicted molar refractivity (Wildman–Crippen MR) is 76.1 cm³/mol. The summed E-state index contributed by atoms with van der Waals surface area (Å²) in [7, 11) is 0. The van der Waals surface area contributed by atoms with Gasteiger partial charge in [0.05, 0.1) is 11.1 Å². The Kier molecular flexibility index (Phi) is 3.28. The first-order valence-corrected chi connectivity index (χ1v) is 7.35. The van der Waals surface area contributed by atoms with Crippen LogP contribution in [0.4, 0.5) is 0 Å². The van der Waals surface area contributed by atoms with Crippen molar-refractivity contribution in [1.29, 1.82) is 0 Å².